The molecule has 0 aromatic heterocycles. The minimum absolute atomic E-state index is 0.0345. The molecule has 1 aromatic carbocycles. The molecule has 1 saturated heterocycles. The van der Waals surface area contributed by atoms with E-state index in [1.807, 2.05) is 30.5 Å². The fourth-order valence-electron chi connectivity index (χ4n) is 2.16. The van der Waals surface area contributed by atoms with Gasteiger partial charge in [-0.15, -0.1) is 11.8 Å². The third-order valence-corrected chi connectivity index (χ3v) is 3.98. The Bertz CT molecular complexity index is 383. The number of carbonyl (C=O) groups excluding carboxylic acids is 1. The van der Waals surface area contributed by atoms with Gasteiger partial charge in [0.1, 0.15) is 0 Å². The molecule has 2 rings (SSSR count). The van der Waals surface area contributed by atoms with E-state index < -0.39 is 0 Å². The van der Waals surface area contributed by atoms with Gasteiger partial charge in [-0.1, -0.05) is 12.8 Å². The minimum Gasteiger partial charge on any atom is -0.325 e. The van der Waals surface area contributed by atoms with E-state index in [9.17, 15) is 4.79 Å². The first-order chi connectivity index (χ1) is 8.79. The Hall–Kier alpha value is -1.00. The van der Waals surface area contributed by atoms with Crippen LogP contribution in [0.15, 0.2) is 29.2 Å². The molecule has 1 aliphatic heterocycles. The number of benzene rings is 1. The molecule has 1 heterocycles. The summed E-state index contributed by atoms with van der Waals surface area (Å²) in [6.45, 7) is 0.948. The van der Waals surface area contributed by atoms with Crippen LogP contribution in [0.25, 0.3) is 0 Å². The van der Waals surface area contributed by atoms with Crippen LogP contribution in [-0.2, 0) is 4.79 Å². The van der Waals surface area contributed by atoms with E-state index in [-0.39, 0.29) is 11.9 Å². The number of hydrogen-bond donors (Lipinski definition) is 2. The molecule has 1 unspecified atom stereocenters. The van der Waals surface area contributed by atoms with E-state index in [2.05, 4.69) is 10.6 Å². The molecule has 1 atom stereocenters. The fourth-order valence-corrected chi connectivity index (χ4v) is 2.56. The minimum atomic E-state index is -0.0345. The number of thioether (sulfide) groups is 1. The molecule has 0 aliphatic carbocycles. The van der Waals surface area contributed by atoms with Crippen LogP contribution in [0, 0.1) is 0 Å². The summed E-state index contributed by atoms with van der Waals surface area (Å²) in [4.78, 5) is 13.3. The summed E-state index contributed by atoms with van der Waals surface area (Å²) in [6.07, 6.45) is 6.51. The summed E-state index contributed by atoms with van der Waals surface area (Å²) in [7, 11) is 0. The Labute approximate surface area is 113 Å². The van der Waals surface area contributed by atoms with Crippen molar-refractivity contribution in [3.05, 3.63) is 24.3 Å². The van der Waals surface area contributed by atoms with Crippen molar-refractivity contribution in [3.63, 3.8) is 0 Å². The van der Waals surface area contributed by atoms with Gasteiger partial charge in [0.25, 0.3) is 0 Å². The average molecular weight is 264 g/mol. The molecule has 3 nitrogen and oxygen atoms in total. The molecule has 1 fully saturated rings. The van der Waals surface area contributed by atoms with Crippen LogP contribution in [0.2, 0.25) is 0 Å². The molecule has 1 aromatic rings. The first-order valence-electron chi connectivity index (χ1n) is 6.48. The van der Waals surface area contributed by atoms with Crippen LogP contribution in [0.5, 0.6) is 0 Å². The monoisotopic (exact) mass is 264 g/mol. The lowest BCUT2D eigenvalue weighted by molar-refractivity contribution is -0.118. The molecule has 0 bridgehead atoms. The van der Waals surface area contributed by atoms with Crippen molar-refractivity contribution < 1.29 is 4.79 Å². The Kier molecular flexibility index (Phi) is 5.08. The summed E-state index contributed by atoms with van der Waals surface area (Å²) >= 11 is 1.70. The van der Waals surface area contributed by atoms with Crippen molar-refractivity contribution in [2.75, 3.05) is 18.1 Å². The Morgan fingerprint density at radius 1 is 1.28 bits per heavy atom. The lowest BCUT2D eigenvalue weighted by Gasteiger charge is -2.15. The fraction of sp³-hybridized carbons (Fsp3) is 0.500. The van der Waals surface area contributed by atoms with E-state index >= 15 is 0 Å². The summed E-state index contributed by atoms with van der Waals surface area (Å²) in [5.74, 6) is 0.0915. The zero-order valence-corrected chi connectivity index (χ0v) is 11.6. The van der Waals surface area contributed by atoms with Gasteiger partial charge in [-0.05, 0) is 49.9 Å². The number of anilines is 1. The van der Waals surface area contributed by atoms with Crippen LogP contribution in [0.1, 0.15) is 25.7 Å². The predicted molar refractivity (Wildman–Crippen MR) is 77.1 cm³/mol. The molecule has 0 spiro atoms. The standard InChI is InChI=1S/C14H20N2OS/c1-18-12-8-6-11(7-9-12)16-14(17)13-5-3-2-4-10-15-13/h6-9,13,15H,2-5,10H2,1H3,(H,16,17). The highest BCUT2D eigenvalue weighted by molar-refractivity contribution is 7.98. The maximum Gasteiger partial charge on any atom is 0.241 e. The summed E-state index contributed by atoms with van der Waals surface area (Å²) in [5, 5.41) is 6.29. The van der Waals surface area contributed by atoms with Crippen molar-refractivity contribution >= 4 is 23.4 Å². The number of rotatable bonds is 3. The lowest BCUT2D eigenvalue weighted by atomic mass is 10.1. The Morgan fingerprint density at radius 3 is 2.78 bits per heavy atom. The Morgan fingerprint density at radius 2 is 2.06 bits per heavy atom. The first kappa shape index (κ1) is 13.4. The number of carbonyl (C=O) groups is 1. The second-order valence-corrected chi connectivity index (χ2v) is 5.45. The third kappa shape index (κ3) is 3.75. The molecule has 18 heavy (non-hydrogen) atoms. The van der Waals surface area contributed by atoms with E-state index in [4.69, 9.17) is 0 Å². The first-order valence-corrected chi connectivity index (χ1v) is 7.70. The third-order valence-electron chi connectivity index (χ3n) is 3.23. The van der Waals surface area contributed by atoms with E-state index in [0.29, 0.717) is 0 Å². The molecule has 4 heteroatoms. The molecule has 0 saturated carbocycles. The second-order valence-electron chi connectivity index (χ2n) is 4.57. The van der Waals surface area contributed by atoms with Crippen LogP contribution in [0.3, 0.4) is 0 Å². The maximum absolute atomic E-state index is 12.1. The molecular weight excluding hydrogens is 244 g/mol. The van der Waals surface area contributed by atoms with Crippen LogP contribution in [-0.4, -0.2) is 24.7 Å². The van der Waals surface area contributed by atoms with Gasteiger partial charge in [-0.3, -0.25) is 4.79 Å². The molecule has 1 aliphatic rings. The Balaban J connectivity index is 1.92. The topological polar surface area (TPSA) is 41.1 Å². The largest absolute Gasteiger partial charge is 0.325 e. The van der Waals surface area contributed by atoms with Gasteiger partial charge in [0, 0.05) is 10.6 Å². The molecule has 98 valence electrons. The van der Waals surface area contributed by atoms with Crippen molar-refractivity contribution in [3.8, 4) is 0 Å². The van der Waals surface area contributed by atoms with Gasteiger partial charge in [0.05, 0.1) is 6.04 Å². The lowest BCUT2D eigenvalue weighted by Crippen LogP contribution is -2.39. The van der Waals surface area contributed by atoms with Crippen LogP contribution >= 0.6 is 11.8 Å². The van der Waals surface area contributed by atoms with E-state index in [1.54, 1.807) is 11.8 Å². The van der Waals surface area contributed by atoms with Crippen molar-refractivity contribution in [2.24, 2.45) is 0 Å². The van der Waals surface area contributed by atoms with E-state index in [0.717, 1.165) is 25.1 Å². The quantitative estimate of drug-likeness (QED) is 0.825. The van der Waals surface area contributed by atoms with Crippen LogP contribution < -0.4 is 10.6 Å². The van der Waals surface area contributed by atoms with Gasteiger partial charge in [0.2, 0.25) is 5.91 Å². The molecular formula is C14H20N2OS. The predicted octanol–water partition coefficient (Wildman–Crippen LogP) is 2.88. The van der Waals surface area contributed by atoms with E-state index in [1.165, 1.54) is 17.7 Å². The van der Waals surface area contributed by atoms with Gasteiger partial charge in [0.15, 0.2) is 0 Å². The summed E-state index contributed by atoms with van der Waals surface area (Å²) < 4.78 is 0. The second kappa shape index (κ2) is 6.81. The van der Waals surface area contributed by atoms with Crippen LogP contribution in [0.4, 0.5) is 5.69 Å². The molecule has 0 radical (unpaired) electrons. The zero-order chi connectivity index (χ0) is 12.8. The number of amides is 1. The zero-order valence-electron chi connectivity index (χ0n) is 10.7. The van der Waals surface area contributed by atoms with Crippen molar-refractivity contribution in [1.29, 1.82) is 0 Å². The van der Waals surface area contributed by atoms with Gasteiger partial charge < -0.3 is 10.6 Å². The normalized spacial score (nSPS) is 20.2. The van der Waals surface area contributed by atoms with Crippen molar-refractivity contribution in [2.45, 2.75) is 36.6 Å². The average Bonchev–Trinajstić information content (AvgIpc) is 2.68. The smallest absolute Gasteiger partial charge is 0.241 e. The molecule has 1 amide bonds. The number of hydrogen-bond acceptors (Lipinski definition) is 3. The molecule has 2 N–H and O–H groups in total. The van der Waals surface area contributed by atoms with Gasteiger partial charge in [-0.25, -0.2) is 0 Å². The van der Waals surface area contributed by atoms with Crippen molar-refractivity contribution in [1.82, 2.24) is 5.32 Å². The van der Waals surface area contributed by atoms with Gasteiger partial charge in [-0.2, -0.15) is 0 Å². The number of nitrogens with one attached hydrogen (secondary N) is 2. The summed E-state index contributed by atoms with van der Waals surface area (Å²) in [5.41, 5.74) is 0.879. The SMILES string of the molecule is CSc1ccc(NC(=O)C2CCCCCN2)cc1. The highest BCUT2D eigenvalue weighted by Crippen LogP contribution is 2.18. The highest BCUT2D eigenvalue weighted by Gasteiger charge is 2.19. The highest BCUT2D eigenvalue weighted by atomic mass is 32.2. The summed E-state index contributed by atoms with van der Waals surface area (Å²) in [6, 6.07) is 7.94. The van der Waals surface area contributed by atoms with Gasteiger partial charge >= 0.3 is 0 Å². The maximum atomic E-state index is 12.1.